The topological polar surface area (TPSA) is 77.2 Å². The molecule has 2 aromatic rings. The normalized spacial score (nSPS) is 10.5. The van der Waals surface area contributed by atoms with Crippen LogP contribution in [-0.2, 0) is 11.3 Å². The number of hydrogen-bond donors (Lipinski definition) is 1. The van der Waals surface area contributed by atoms with E-state index < -0.39 is 0 Å². The Morgan fingerprint density at radius 2 is 2.32 bits per heavy atom. The number of carbonyl (C=O) groups excluding carboxylic acids is 1. The Labute approximate surface area is 118 Å². The lowest BCUT2D eigenvalue weighted by Gasteiger charge is -2.05. The van der Waals surface area contributed by atoms with Crippen LogP contribution >= 0.6 is 15.9 Å². The van der Waals surface area contributed by atoms with Crippen molar-refractivity contribution < 1.29 is 14.1 Å². The quantitative estimate of drug-likeness (QED) is 0.874. The standard InChI is InChI=1S/C12H12BrN3O3/c1-7-9(3-4-11(13)14-7)15-12(17)10-5-8(6-18-2)19-16-10/h3-5H,6H2,1-2H3,(H,15,17). The zero-order valence-corrected chi connectivity index (χ0v) is 12.0. The van der Waals surface area contributed by atoms with Crippen LogP contribution in [0.2, 0.25) is 0 Å². The van der Waals surface area contributed by atoms with E-state index in [0.29, 0.717) is 21.7 Å². The molecule has 0 aliphatic carbocycles. The van der Waals surface area contributed by atoms with Gasteiger partial charge in [-0.2, -0.15) is 0 Å². The van der Waals surface area contributed by atoms with Crippen molar-refractivity contribution in [1.29, 1.82) is 0 Å². The number of amides is 1. The minimum atomic E-state index is -0.349. The summed E-state index contributed by atoms with van der Waals surface area (Å²) in [5.74, 6) is 0.150. The van der Waals surface area contributed by atoms with E-state index in [2.05, 4.69) is 31.4 Å². The fourth-order valence-corrected chi connectivity index (χ4v) is 1.88. The lowest BCUT2D eigenvalue weighted by molar-refractivity contribution is 0.101. The highest BCUT2D eigenvalue weighted by Crippen LogP contribution is 2.17. The Morgan fingerprint density at radius 3 is 3.00 bits per heavy atom. The maximum Gasteiger partial charge on any atom is 0.277 e. The van der Waals surface area contributed by atoms with Crippen LogP contribution in [0.4, 0.5) is 5.69 Å². The predicted molar refractivity (Wildman–Crippen MR) is 71.8 cm³/mol. The van der Waals surface area contributed by atoms with Gasteiger partial charge in [-0.3, -0.25) is 4.79 Å². The van der Waals surface area contributed by atoms with Crippen molar-refractivity contribution in [2.24, 2.45) is 0 Å². The van der Waals surface area contributed by atoms with E-state index in [1.165, 1.54) is 0 Å². The SMILES string of the molecule is COCc1cc(C(=O)Nc2ccc(Br)nc2C)no1. The van der Waals surface area contributed by atoms with Crippen molar-refractivity contribution in [3.63, 3.8) is 0 Å². The number of ether oxygens (including phenoxy) is 1. The molecule has 0 saturated heterocycles. The van der Waals surface area contributed by atoms with E-state index in [1.54, 1.807) is 32.2 Å². The Bertz CT molecular complexity index is 598. The molecular formula is C12H12BrN3O3. The van der Waals surface area contributed by atoms with Gasteiger partial charge in [-0.05, 0) is 35.0 Å². The number of halogens is 1. The lowest BCUT2D eigenvalue weighted by Crippen LogP contribution is -2.13. The number of nitrogens with one attached hydrogen (secondary N) is 1. The Balaban J connectivity index is 2.11. The smallest absolute Gasteiger partial charge is 0.277 e. The first-order valence-electron chi connectivity index (χ1n) is 5.49. The van der Waals surface area contributed by atoms with Crippen LogP contribution in [0.3, 0.4) is 0 Å². The second-order valence-electron chi connectivity index (χ2n) is 3.83. The highest BCUT2D eigenvalue weighted by Gasteiger charge is 2.14. The third kappa shape index (κ3) is 3.39. The van der Waals surface area contributed by atoms with E-state index in [1.807, 2.05) is 0 Å². The average molecular weight is 326 g/mol. The number of aromatic nitrogens is 2. The molecule has 7 heteroatoms. The number of hydrogen-bond acceptors (Lipinski definition) is 5. The fraction of sp³-hybridized carbons (Fsp3) is 0.250. The molecule has 0 atom stereocenters. The number of aryl methyl sites for hydroxylation is 1. The highest BCUT2D eigenvalue weighted by molar-refractivity contribution is 9.10. The summed E-state index contributed by atoms with van der Waals surface area (Å²) in [6.45, 7) is 2.08. The zero-order valence-electron chi connectivity index (χ0n) is 10.4. The first-order valence-corrected chi connectivity index (χ1v) is 6.28. The molecule has 2 aromatic heterocycles. The molecule has 1 amide bonds. The second kappa shape index (κ2) is 5.94. The molecule has 0 bridgehead atoms. The lowest BCUT2D eigenvalue weighted by atomic mass is 10.3. The molecule has 0 saturated carbocycles. The maximum atomic E-state index is 12.0. The Kier molecular flexibility index (Phi) is 4.28. The fourth-order valence-electron chi connectivity index (χ4n) is 1.48. The largest absolute Gasteiger partial charge is 0.377 e. The average Bonchev–Trinajstić information content (AvgIpc) is 2.82. The van der Waals surface area contributed by atoms with E-state index in [-0.39, 0.29) is 18.2 Å². The van der Waals surface area contributed by atoms with E-state index in [9.17, 15) is 4.79 Å². The summed E-state index contributed by atoms with van der Waals surface area (Å²) < 4.78 is 10.6. The van der Waals surface area contributed by atoms with Crippen molar-refractivity contribution in [3.05, 3.63) is 40.0 Å². The zero-order chi connectivity index (χ0) is 13.8. The number of pyridine rings is 1. The van der Waals surface area contributed by atoms with Crippen molar-refractivity contribution in [2.45, 2.75) is 13.5 Å². The van der Waals surface area contributed by atoms with Gasteiger partial charge in [-0.25, -0.2) is 4.98 Å². The van der Waals surface area contributed by atoms with Gasteiger partial charge in [0.05, 0.1) is 11.4 Å². The molecule has 2 rings (SSSR count). The van der Waals surface area contributed by atoms with Gasteiger partial charge in [0.2, 0.25) is 0 Å². The minimum absolute atomic E-state index is 0.203. The monoisotopic (exact) mass is 325 g/mol. The van der Waals surface area contributed by atoms with Gasteiger partial charge < -0.3 is 14.6 Å². The molecule has 1 N–H and O–H groups in total. The van der Waals surface area contributed by atoms with Crippen LogP contribution in [-0.4, -0.2) is 23.2 Å². The van der Waals surface area contributed by atoms with Crippen LogP contribution in [0.25, 0.3) is 0 Å². The van der Waals surface area contributed by atoms with Crippen LogP contribution in [0.15, 0.2) is 27.3 Å². The molecule has 100 valence electrons. The molecule has 0 aromatic carbocycles. The summed E-state index contributed by atoms with van der Waals surface area (Å²) in [6, 6.07) is 5.06. The molecule has 0 aliphatic heterocycles. The van der Waals surface area contributed by atoms with Crippen LogP contribution in [0, 0.1) is 6.92 Å². The van der Waals surface area contributed by atoms with Crippen molar-refractivity contribution in [3.8, 4) is 0 Å². The molecule has 0 spiro atoms. The van der Waals surface area contributed by atoms with Crippen LogP contribution in [0.5, 0.6) is 0 Å². The van der Waals surface area contributed by atoms with Gasteiger partial charge in [0.1, 0.15) is 11.2 Å². The Morgan fingerprint density at radius 1 is 1.53 bits per heavy atom. The summed E-state index contributed by atoms with van der Waals surface area (Å²) in [4.78, 5) is 16.1. The first kappa shape index (κ1) is 13.7. The number of anilines is 1. The van der Waals surface area contributed by atoms with Crippen molar-refractivity contribution >= 4 is 27.5 Å². The summed E-state index contributed by atoms with van der Waals surface area (Å²) in [6.07, 6.45) is 0. The van der Waals surface area contributed by atoms with Crippen LogP contribution < -0.4 is 5.32 Å². The summed E-state index contributed by atoms with van der Waals surface area (Å²) in [5, 5.41) is 6.40. The molecule has 6 nitrogen and oxygen atoms in total. The first-order chi connectivity index (χ1) is 9.10. The third-order valence-electron chi connectivity index (χ3n) is 2.38. The number of rotatable bonds is 4. The molecule has 0 radical (unpaired) electrons. The van der Waals surface area contributed by atoms with Crippen molar-refractivity contribution in [1.82, 2.24) is 10.1 Å². The highest BCUT2D eigenvalue weighted by atomic mass is 79.9. The van der Waals surface area contributed by atoms with Gasteiger partial charge in [0.25, 0.3) is 5.91 Å². The molecule has 2 heterocycles. The molecule has 0 unspecified atom stereocenters. The van der Waals surface area contributed by atoms with Gasteiger partial charge in [0.15, 0.2) is 11.5 Å². The molecular weight excluding hydrogens is 314 g/mol. The summed E-state index contributed by atoms with van der Waals surface area (Å²) >= 11 is 3.26. The minimum Gasteiger partial charge on any atom is -0.377 e. The molecule has 19 heavy (non-hydrogen) atoms. The van der Waals surface area contributed by atoms with E-state index in [0.717, 1.165) is 0 Å². The van der Waals surface area contributed by atoms with Crippen molar-refractivity contribution in [2.75, 3.05) is 12.4 Å². The summed E-state index contributed by atoms with van der Waals surface area (Å²) in [7, 11) is 1.54. The van der Waals surface area contributed by atoms with Gasteiger partial charge in [-0.1, -0.05) is 5.16 Å². The number of methoxy groups -OCH3 is 1. The number of carbonyl (C=O) groups is 1. The van der Waals surface area contributed by atoms with E-state index >= 15 is 0 Å². The number of nitrogens with zero attached hydrogens (tertiary/aromatic N) is 2. The van der Waals surface area contributed by atoms with Gasteiger partial charge in [-0.15, -0.1) is 0 Å². The summed E-state index contributed by atoms with van der Waals surface area (Å²) in [5.41, 5.74) is 1.54. The molecule has 0 fully saturated rings. The molecule has 0 aliphatic rings. The second-order valence-corrected chi connectivity index (χ2v) is 4.65. The predicted octanol–water partition coefficient (Wildman–Crippen LogP) is 2.54. The van der Waals surface area contributed by atoms with E-state index in [4.69, 9.17) is 9.26 Å². The van der Waals surface area contributed by atoms with Gasteiger partial charge in [0, 0.05) is 13.2 Å². The van der Waals surface area contributed by atoms with Gasteiger partial charge >= 0.3 is 0 Å². The third-order valence-corrected chi connectivity index (χ3v) is 2.82. The van der Waals surface area contributed by atoms with Crippen LogP contribution in [0.1, 0.15) is 21.9 Å². The maximum absolute atomic E-state index is 12.0. The Hall–Kier alpha value is -1.73.